The van der Waals surface area contributed by atoms with E-state index in [1.54, 1.807) is 0 Å². The van der Waals surface area contributed by atoms with Crippen molar-refractivity contribution < 1.29 is 4.92 Å². The van der Waals surface area contributed by atoms with Crippen LogP contribution in [0.25, 0.3) is 11.1 Å². The Morgan fingerprint density at radius 1 is 1.14 bits per heavy atom. The van der Waals surface area contributed by atoms with Gasteiger partial charge in [-0.25, -0.2) is 0 Å². The van der Waals surface area contributed by atoms with E-state index in [9.17, 15) is 10.1 Å². The molecule has 0 saturated heterocycles. The zero-order chi connectivity index (χ0) is 15.6. The molecule has 0 aliphatic heterocycles. The summed E-state index contributed by atoms with van der Waals surface area (Å²) in [6.07, 6.45) is 1.41. The van der Waals surface area contributed by atoms with E-state index in [0.717, 1.165) is 23.1 Å². The van der Waals surface area contributed by atoms with Crippen LogP contribution < -0.4 is 5.73 Å². The van der Waals surface area contributed by atoms with Gasteiger partial charge >= 0.3 is 0 Å². The Balaban J connectivity index is 2.95. The second-order valence-electron chi connectivity index (χ2n) is 4.77. The monoisotopic (exact) mass is 302 g/mol. The first-order valence-electron chi connectivity index (χ1n) is 6.88. The van der Waals surface area contributed by atoms with Gasteiger partial charge in [-0.15, -0.1) is 12.6 Å². The largest absolute Gasteiger partial charge is 0.397 e. The van der Waals surface area contributed by atoms with Gasteiger partial charge in [0, 0.05) is 0 Å². The summed E-state index contributed by atoms with van der Waals surface area (Å²) in [5.41, 5.74) is 9.84. The molecule has 2 rings (SSSR count). The third-order valence-corrected chi connectivity index (χ3v) is 4.11. The molecule has 0 bridgehead atoms. The Hall–Kier alpha value is -2.01. The standard InChI is InChI=1S/C16H18N2O2S/c1-3-11-12(4-2)14(17)16(21)15(18(19)20)13(11)10-8-6-5-7-9-10/h5-9,21H,3-4,17H2,1-2H3. The minimum absolute atomic E-state index is 0.00363. The molecule has 4 nitrogen and oxygen atoms in total. The van der Waals surface area contributed by atoms with Crippen LogP contribution in [-0.4, -0.2) is 4.92 Å². The third kappa shape index (κ3) is 2.61. The number of nitro groups is 1. The first-order chi connectivity index (χ1) is 10.0. The van der Waals surface area contributed by atoms with E-state index in [1.807, 2.05) is 44.2 Å². The molecule has 2 aromatic carbocycles. The summed E-state index contributed by atoms with van der Waals surface area (Å²) in [6.45, 7) is 3.99. The molecule has 0 aliphatic rings. The van der Waals surface area contributed by atoms with Crippen LogP contribution in [0, 0.1) is 10.1 Å². The summed E-state index contributed by atoms with van der Waals surface area (Å²) >= 11 is 4.31. The maximum atomic E-state index is 11.5. The van der Waals surface area contributed by atoms with Crippen LogP contribution in [0.15, 0.2) is 35.2 Å². The number of nitro benzene ring substituents is 1. The van der Waals surface area contributed by atoms with E-state index < -0.39 is 0 Å². The van der Waals surface area contributed by atoms with Gasteiger partial charge < -0.3 is 5.73 Å². The van der Waals surface area contributed by atoms with Gasteiger partial charge in [-0.05, 0) is 29.5 Å². The summed E-state index contributed by atoms with van der Waals surface area (Å²) in [7, 11) is 0. The fourth-order valence-electron chi connectivity index (χ4n) is 2.73. The van der Waals surface area contributed by atoms with Crippen LogP contribution in [-0.2, 0) is 12.8 Å². The zero-order valence-electron chi connectivity index (χ0n) is 12.1. The molecule has 110 valence electrons. The van der Waals surface area contributed by atoms with Gasteiger partial charge in [0.1, 0.15) is 4.90 Å². The predicted molar refractivity (Wildman–Crippen MR) is 89.0 cm³/mol. The van der Waals surface area contributed by atoms with E-state index in [2.05, 4.69) is 12.6 Å². The van der Waals surface area contributed by atoms with Gasteiger partial charge in [0.2, 0.25) is 0 Å². The number of nitrogens with zero attached hydrogens (tertiary/aromatic N) is 1. The normalized spacial score (nSPS) is 10.6. The minimum Gasteiger partial charge on any atom is -0.397 e. The molecular formula is C16H18N2O2S. The third-order valence-electron chi connectivity index (χ3n) is 3.66. The Bertz CT molecular complexity index is 685. The highest BCUT2D eigenvalue weighted by atomic mass is 32.1. The molecular weight excluding hydrogens is 284 g/mol. The molecule has 2 N–H and O–H groups in total. The first kappa shape index (κ1) is 15.4. The molecule has 21 heavy (non-hydrogen) atoms. The van der Waals surface area contributed by atoms with E-state index in [4.69, 9.17) is 5.73 Å². The van der Waals surface area contributed by atoms with Crippen molar-refractivity contribution in [3.63, 3.8) is 0 Å². The Morgan fingerprint density at radius 2 is 1.71 bits per heavy atom. The van der Waals surface area contributed by atoms with E-state index in [-0.39, 0.29) is 15.5 Å². The molecule has 0 radical (unpaired) electrons. The molecule has 0 atom stereocenters. The van der Waals surface area contributed by atoms with Crippen molar-refractivity contribution in [1.29, 1.82) is 0 Å². The lowest BCUT2D eigenvalue weighted by atomic mass is 9.90. The number of anilines is 1. The molecule has 0 aliphatic carbocycles. The predicted octanol–water partition coefficient (Wildman–Crippen LogP) is 4.26. The van der Waals surface area contributed by atoms with Crippen molar-refractivity contribution in [1.82, 2.24) is 0 Å². The molecule has 0 saturated carbocycles. The molecule has 0 fully saturated rings. The SMILES string of the molecule is CCc1c(N)c(S)c([N+](=O)[O-])c(-c2ccccc2)c1CC. The quantitative estimate of drug-likeness (QED) is 0.384. The maximum Gasteiger partial charge on any atom is 0.292 e. The maximum absolute atomic E-state index is 11.5. The number of nitrogens with two attached hydrogens (primary N) is 1. The fraction of sp³-hybridized carbons (Fsp3) is 0.250. The lowest BCUT2D eigenvalue weighted by molar-refractivity contribution is -0.386. The average Bonchev–Trinajstić information content (AvgIpc) is 2.49. The summed E-state index contributed by atoms with van der Waals surface area (Å²) < 4.78 is 0. The highest BCUT2D eigenvalue weighted by Crippen LogP contribution is 2.44. The summed E-state index contributed by atoms with van der Waals surface area (Å²) in [5, 5.41) is 11.5. The van der Waals surface area contributed by atoms with E-state index in [0.29, 0.717) is 17.7 Å². The topological polar surface area (TPSA) is 69.2 Å². The highest BCUT2D eigenvalue weighted by Gasteiger charge is 2.27. The number of nitrogen functional groups attached to an aromatic ring is 1. The van der Waals surface area contributed by atoms with Crippen molar-refractivity contribution in [2.75, 3.05) is 5.73 Å². The zero-order valence-corrected chi connectivity index (χ0v) is 13.0. The molecule has 0 unspecified atom stereocenters. The smallest absolute Gasteiger partial charge is 0.292 e. The van der Waals surface area contributed by atoms with Crippen LogP contribution in [0.4, 0.5) is 11.4 Å². The van der Waals surface area contributed by atoms with Crippen molar-refractivity contribution >= 4 is 24.0 Å². The number of rotatable bonds is 4. The molecule has 5 heteroatoms. The van der Waals surface area contributed by atoms with E-state index in [1.165, 1.54) is 0 Å². The lowest BCUT2D eigenvalue weighted by Crippen LogP contribution is -2.07. The number of thiol groups is 1. The van der Waals surface area contributed by atoms with Crippen LogP contribution in [0.2, 0.25) is 0 Å². The highest BCUT2D eigenvalue weighted by molar-refractivity contribution is 7.80. The van der Waals surface area contributed by atoms with Crippen molar-refractivity contribution in [2.45, 2.75) is 31.6 Å². The molecule has 0 spiro atoms. The van der Waals surface area contributed by atoms with Crippen LogP contribution >= 0.6 is 12.6 Å². The number of benzene rings is 2. The van der Waals surface area contributed by atoms with Gasteiger partial charge in [-0.3, -0.25) is 10.1 Å². The second kappa shape index (κ2) is 6.18. The number of hydrogen-bond donors (Lipinski definition) is 2. The van der Waals surface area contributed by atoms with Gasteiger partial charge in [0.25, 0.3) is 5.69 Å². The average molecular weight is 302 g/mol. The van der Waals surface area contributed by atoms with Gasteiger partial charge in [-0.2, -0.15) is 0 Å². The molecule has 0 aromatic heterocycles. The Labute approximate surface area is 129 Å². The first-order valence-corrected chi connectivity index (χ1v) is 7.33. The molecule has 0 heterocycles. The van der Waals surface area contributed by atoms with Crippen LogP contribution in [0.3, 0.4) is 0 Å². The summed E-state index contributed by atoms with van der Waals surface area (Å²) in [4.78, 5) is 11.4. The van der Waals surface area contributed by atoms with Crippen LogP contribution in [0.1, 0.15) is 25.0 Å². The number of hydrogen-bond acceptors (Lipinski definition) is 4. The van der Waals surface area contributed by atoms with Gasteiger partial charge in [0.15, 0.2) is 0 Å². The van der Waals surface area contributed by atoms with Gasteiger partial charge in [-0.1, -0.05) is 44.2 Å². The second-order valence-corrected chi connectivity index (χ2v) is 5.22. The molecule has 2 aromatic rings. The summed E-state index contributed by atoms with van der Waals surface area (Å²) in [5.74, 6) is 0. The van der Waals surface area contributed by atoms with Crippen LogP contribution in [0.5, 0.6) is 0 Å². The van der Waals surface area contributed by atoms with Crippen molar-refractivity contribution in [3.05, 3.63) is 51.6 Å². The van der Waals surface area contributed by atoms with E-state index >= 15 is 0 Å². The lowest BCUT2D eigenvalue weighted by Gasteiger charge is -2.18. The fourth-order valence-corrected chi connectivity index (χ4v) is 3.06. The summed E-state index contributed by atoms with van der Waals surface area (Å²) in [6, 6.07) is 9.40. The minimum atomic E-state index is -0.389. The molecule has 0 amide bonds. The van der Waals surface area contributed by atoms with Crippen molar-refractivity contribution in [2.24, 2.45) is 0 Å². The van der Waals surface area contributed by atoms with Gasteiger partial charge in [0.05, 0.1) is 16.2 Å². The Kier molecular flexibility index (Phi) is 4.53. The Morgan fingerprint density at radius 3 is 2.19 bits per heavy atom. The van der Waals surface area contributed by atoms with Crippen molar-refractivity contribution in [3.8, 4) is 11.1 Å².